The van der Waals surface area contributed by atoms with Crippen molar-refractivity contribution in [3.8, 4) is 11.5 Å². The van der Waals surface area contributed by atoms with Gasteiger partial charge in [0.1, 0.15) is 0 Å². The second-order valence-corrected chi connectivity index (χ2v) is 5.67. The first-order valence-corrected chi connectivity index (χ1v) is 6.39. The predicted molar refractivity (Wildman–Crippen MR) is 78.4 cm³/mol. The zero-order valence-corrected chi connectivity index (χ0v) is 12.8. The van der Waals surface area contributed by atoms with Crippen molar-refractivity contribution >= 4 is 5.69 Å². The SMILES string of the molecule is COc1cc(C)c(N(C)CC(C)(C)CO)cc1OC. The standard InChI is InChI=1S/C15H25NO3/c1-11-7-13(18-5)14(19-6)8-12(11)16(4)9-15(2,3)10-17/h7-8,17H,9-10H2,1-6H3. The lowest BCUT2D eigenvalue weighted by Crippen LogP contribution is -2.34. The van der Waals surface area contributed by atoms with E-state index in [2.05, 4.69) is 4.90 Å². The van der Waals surface area contributed by atoms with Crippen molar-refractivity contribution in [1.82, 2.24) is 0 Å². The molecule has 1 aromatic rings. The molecule has 0 saturated carbocycles. The highest BCUT2D eigenvalue weighted by molar-refractivity contribution is 5.61. The van der Waals surface area contributed by atoms with E-state index >= 15 is 0 Å². The van der Waals surface area contributed by atoms with E-state index < -0.39 is 0 Å². The molecule has 0 saturated heterocycles. The molecular weight excluding hydrogens is 242 g/mol. The minimum Gasteiger partial charge on any atom is -0.493 e. The third-order valence-corrected chi connectivity index (χ3v) is 3.21. The molecule has 0 spiro atoms. The Kier molecular flexibility index (Phi) is 5.06. The summed E-state index contributed by atoms with van der Waals surface area (Å²) in [5, 5.41) is 9.37. The molecule has 4 nitrogen and oxygen atoms in total. The Morgan fingerprint density at radius 1 is 1.16 bits per heavy atom. The third-order valence-electron chi connectivity index (χ3n) is 3.21. The smallest absolute Gasteiger partial charge is 0.162 e. The zero-order chi connectivity index (χ0) is 14.6. The van der Waals surface area contributed by atoms with Gasteiger partial charge in [0.15, 0.2) is 11.5 Å². The lowest BCUT2D eigenvalue weighted by Gasteiger charge is -2.31. The van der Waals surface area contributed by atoms with Gasteiger partial charge in [0.05, 0.1) is 14.2 Å². The first kappa shape index (κ1) is 15.6. The van der Waals surface area contributed by atoms with Crippen molar-refractivity contribution in [3.05, 3.63) is 17.7 Å². The number of methoxy groups -OCH3 is 2. The van der Waals surface area contributed by atoms with Gasteiger partial charge in [-0.05, 0) is 18.6 Å². The van der Waals surface area contributed by atoms with Gasteiger partial charge < -0.3 is 19.5 Å². The Bertz CT molecular complexity index is 430. The summed E-state index contributed by atoms with van der Waals surface area (Å²) in [4.78, 5) is 2.13. The largest absolute Gasteiger partial charge is 0.493 e. The van der Waals surface area contributed by atoms with E-state index in [4.69, 9.17) is 9.47 Å². The molecule has 0 radical (unpaired) electrons. The number of hydrogen-bond acceptors (Lipinski definition) is 4. The van der Waals surface area contributed by atoms with Crippen LogP contribution >= 0.6 is 0 Å². The highest BCUT2D eigenvalue weighted by Gasteiger charge is 2.21. The van der Waals surface area contributed by atoms with Gasteiger partial charge in [-0.25, -0.2) is 0 Å². The van der Waals surface area contributed by atoms with Crippen molar-refractivity contribution in [2.45, 2.75) is 20.8 Å². The Labute approximate surface area is 115 Å². The number of aryl methyl sites for hydroxylation is 1. The first-order chi connectivity index (χ1) is 8.84. The van der Waals surface area contributed by atoms with Crippen molar-refractivity contribution in [3.63, 3.8) is 0 Å². The Balaban J connectivity index is 3.06. The van der Waals surface area contributed by atoms with Gasteiger partial charge in [-0.3, -0.25) is 0 Å². The predicted octanol–water partition coefficient (Wildman–Crippen LogP) is 2.47. The fraction of sp³-hybridized carbons (Fsp3) is 0.600. The minimum absolute atomic E-state index is 0.144. The van der Waals surface area contributed by atoms with E-state index in [9.17, 15) is 5.11 Å². The van der Waals surface area contributed by atoms with Gasteiger partial charge in [0.2, 0.25) is 0 Å². The third kappa shape index (κ3) is 3.77. The average molecular weight is 267 g/mol. The number of ether oxygens (including phenoxy) is 2. The fourth-order valence-electron chi connectivity index (χ4n) is 2.16. The van der Waals surface area contributed by atoms with Gasteiger partial charge in [-0.15, -0.1) is 0 Å². The molecule has 0 heterocycles. The number of anilines is 1. The maximum atomic E-state index is 9.37. The maximum Gasteiger partial charge on any atom is 0.162 e. The monoisotopic (exact) mass is 267 g/mol. The van der Waals surface area contributed by atoms with Crippen LogP contribution in [0.1, 0.15) is 19.4 Å². The Hall–Kier alpha value is -1.42. The fourth-order valence-corrected chi connectivity index (χ4v) is 2.16. The number of benzene rings is 1. The van der Waals surface area contributed by atoms with Crippen LogP contribution in [0.2, 0.25) is 0 Å². The van der Waals surface area contributed by atoms with Gasteiger partial charge in [0, 0.05) is 37.4 Å². The number of nitrogens with zero attached hydrogens (tertiary/aromatic N) is 1. The lowest BCUT2D eigenvalue weighted by atomic mass is 9.94. The number of hydrogen-bond donors (Lipinski definition) is 1. The van der Waals surface area contributed by atoms with E-state index in [1.54, 1.807) is 14.2 Å². The highest BCUT2D eigenvalue weighted by Crippen LogP contribution is 2.35. The van der Waals surface area contributed by atoms with Crippen LogP contribution in [-0.2, 0) is 0 Å². The van der Waals surface area contributed by atoms with Gasteiger partial charge in [0.25, 0.3) is 0 Å². The van der Waals surface area contributed by atoms with Crippen LogP contribution in [0.5, 0.6) is 11.5 Å². The minimum atomic E-state index is -0.144. The van der Waals surface area contributed by atoms with Gasteiger partial charge >= 0.3 is 0 Å². The summed E-state index contributed by atoms with van der Waals surface area (Å²) >= 11 is 0. The van der Waals surface area contributed by atoms with Crippen molar-refractivity contribution in [2.75, 3.05) is 39.3 Å². The Morgan fingerprint density at radius 2 is 1.68 bits per heavy atom. The quantitative estimate of drug-likeness (QED) is 0.859. The summed E-state index contributed by atoms with van der Waals surface area (Å²) in [6, 6.07) is 3.94. The highest BCUT2D eigenvalue weighted by atomic mass is 16.5. The van der Waals surface area contributed by atoms with E-state index in [-0.39, 0.29) is 12.0 Å². The van der Waals surface area contributed by atoms with Crippen molar-refractivity contribution in [2.24, 2.45) is 5.41 Å². The second kappa shape index (κ2) is 6.15. The summed E-state index contributed by atoms with van der Waals surface area (Å²) in [6.07, 6.45) is 0. The van der Waals surface area contributed by atoms with Crippen LogP contribution in [0.3, 0.4) is 0 Å². The molecule has 19 heavy (non-hydrogen) atoms. The molecule has 0 aliphatic rings. The van der Waals surface area contributed by atoms with E-state index in [0.717, 1.165) is 29.3 Å². The average Bonchev–Trinajstić information content (AvgIpc) is 2.37. The van der Waals surface area contributed by atoms with E-state index in [1.165, 1.54) is 0 Å². The Morgan fingerprint density at radius 3 is 2.16 bits per heavy atom. The summed E-state index contributed by atoms with van der Waals surface area (Å²) in [7, 11) is 5.29. The van der Waals surface area contributed by atoms with Crippen LogP contribution < -0.4 is 14.4 Å². The number of rotatable bonds is 6. The summed E-state index contributed by atoms with van der Waals surface area (Å²) < 4.78 is 10.6. The molecule has 0 atom stereocenters. The van der Waals surface area contributed by atoms with Crippen LogP contribution in [0.15, 0.2) is 12.1 Å². The molecule has 108 valence electrons. The van der Waals surface area contributed by atoms with Crippen LogP contribution in [0.4, 0.5) is 5.69 Å². The number of aliphatic hydroxyl groups is 1. The summed E-state index contributed by atoms with van der Waals surface area (Å²) in [6.45, 7) is 7.04. The molecule has 0 bridgehead atoms. The molecule has 1 aromatic carbocycles. The van der Waals surface area contributed by atoms with Crippen LogP contribution in [0, 0.1) is 12.3 Å². The second-order valence-electron chi connectivity index (χ2n) is 5.67. The van der Waals surface area contributed by atoms with Gasteiger partial charge in [-0.1, -0.05) is 13.8 Å². The zero-order valence-electron chi connectivity index (χ0n) is 12.8. The molecule has 0 amide bonds. The summed E-state index contributed by atoms with van der Waals surface area (Å²) in [5.74, 6) is 1.45. The molecule has 0 aliphatic heterocycles. The molecule has 4 heteroatoms. The molecular formula is C15H25NO3. The maximum absolute atomic E-state index is 9.37. The van der Waals surface area contributed by atoms with Gasteiger partial charge in [-0.2, -0.15) is 0 Å². The summed E-state index contributed by atoms with van der Waals surface area (Å²) in [5.41, 5.74) is 2.06. The van der Waals surface area contributed by atoms with Crippen LogP contribution in [-0.4, -0.2) is 39.5 Å². The van der Waals surface area contributed by atoms with Crippen LogP contribution in [0.25, 0.3) is 0 Å². The van der Waals surface area contributed by atoms with Crippen molar-refractivity contribution < 1.29 is 14.6 Å². The topological polar surface area (TPSA) is 41.9 Å². The normalized spacial score (nSPS) is 11.3. The lowest BCUT2D eigenvalue weighted by molar-refractivity contribution is 0.165. The molecule has 0 fully saturated rings. The molecule has 0 aromatic heterocycles. The molecule has 1 N–H and O–H groups in total. The van der Waals surface area contributed by atoms with E-state index in [1.807, 2.05) is 40.0 Å². The van der Waals surface area contributed by atoms with E-state index in [0.29, 0.717) is 0 Å². The molecule has 1 rings (SSSR count). The van der Waals surface area contributed by atoms with Crippen molar-refractivity contribution in [1.29, 1.82) is 0 Å². The molecule has 0 aliphatic carbocycles. The first-order valence-electron chi connectivity index (χ1n) is 6.39. The molecule has 0 unspecified atom stereocenters. The number of aliphatic hydroxyl groups excluding tert-OH is 1.